The smallest absolute Gasteiger partial charge is 0.257 e. The van der Waals surface area contributed by atoms with Crippen molar-refractivity contribution < 1.29 is 9.53 Å². The maximum atomic E-state index is 11.5. The second kappa shape index (κ2) is 13.6. The molecule has 3 N–H and O–H groups in total. The Morgan fingerprint density at radius 3 is 2.57 bits per heavy atom. The Labute approximate surface area is 204 Å². The standard InChI is InChI=1S/C21H26Cl2N4O2.HI/c1-4-25-20(28)13-29-17-7-5-6-15(10-17)12-26-21(24-3)27-14(2)16-8-9-18(22)19(23)11-16;/h5-11,14H,4,12-13H2,1-3H3,(H,25,28)(H2,24,26,27);1H. The molecule has 0 heterocycles. The fourth-order valence-electron chi connectivity index (χ4n) is 2.59. The van der Waals surface area contributed by atoms with Gasteiger partial charge in [0.2, 0.25) is 0 Å². The number of nitrogens with zero attached hydrogens (tertiary/aromatic N) is 1. The van der Waals surface area contributed by atoms with Gasteiger partial charge in [0.05, 0.1) is 16.1 Å². The van der Waals surface area contributed by atoms with Gasteiger partial charge in [0.15, 0.2) is 12.6 Å². The number of benzene rings is 2. The molecule has 1 atom stereocenters. The molecule has 0 fully saturated rings. The van der Waals surface area contributed by atoms with Gasteiger partial charge in [-0.25, -0.2) is 0 Å². The molecule has 0 spiro atoms. The molecule has 2 rings (SSSR count). The Kier molecular flexibility index (Phi) is 11.9. The fraction of sp³-hybridized carbons (Fsp3) is 0.333. The summed E-state index contributed by atoms with van der Waals surface area (Å²) >= 11 is 12.1. The van der Waals surface area contributed by atoms with Gasteiger partial charge in [-0.05, 0) is 49.2 Å². The van der Waals surface area contributed by atoms with Crippen LogP contribution >= 0.6 is 47.2 Å². The van der Waals surface area contributed by atoms with E-state index in [4.69, 9.17) is 27.9 Å². The second-order valence-corrected chi connectivity index (χ2v) is 7.17. The van der Waals surface area contributed by atoms with E-state index in [1.165, 1.54) is 0 Å². The molecular weight excluding hydrogens is 538 g/mol. The molecule has 0 aliphatic rings. The number of carbonyl (C=O) groups excluding carboxylic acids is 1. The molecule has 0 saturated carbocycles. The topological polar surface area (TPSA) is 74.8 Å². The molecule has 1 unspecified atom stereocenters. The number of hydrogen-bond donors (Lipinski definition) is 3. The van der Waals surface area contributed by atoms with E-state index < -0.39 is 0 Å². The van der Waals surface area contributed by atoms with Gasteiger partial charge in [-0.15, -0.1) is 24.0 Å². The molecule has 6 nitrogen and oxygen atoms in total. The summed E-state index contributed by atoms with van der Waals surface area (Å²) in [6, 6.07) is 13.1. The molecule has 2 aromatic rings. The molecule has 1 amide bonds. The van der Waals surface area contributed by atoms with Crippen LogP contribution in [0.1, 0.15) is 31.0 Å². The summed E-state index contributed by atoms with van der Waals surface area (Å²) in [6.45, 7) is 5.01. The predicted molar refractivity (Wildman–Crippen MR) is 134 cm³/mol. The average molecular weight is 565 g/mol. The third kappa shape index (κ3) is 8.57. The SMILES string of the molecule is CCNC(=O)COc1cccc(CNC(=NC)NC(C)c2ccc(Cl)c(Cl)c2)c1.I. The minimum Gasteiger partial charge on any atom is -0.484 e. The highest BCUT2D eigenvalue weighted by atomic mass is 127. The first kappa shape index (κ1) is 26.3. The number of amides is 1. The normalized spacial score (nSPS) is 11.8. The highest BCUT2D eigenvalue weighted by molar-refractivity contribution is 14.0. The lowest BCUT2D eigenvalue weighted by molar-refractivity contribution is -0.122. The van der Waals surface area contributed by atoms with Gasteiger partial charge in [-0.3, -0.25) is 9.79 Å². The first-order valence-electron chi connectivity index (χ1n) is 9.33. The quantitative estimate of drug-likeness (QED) is 0.250. The van der Waals surface area contributed by atoms with Crippen LogP contribution in [0.4, 0.5) is 0 Å². The lowest BCUT2D eigenvalue weighted by atomic mass is 10.1. The molecule has 9 heteroatoms. The Morgan fingerprint density at radius 2 is 1.90 bits per heavy atom. The zero-order valence-corrected chi connectivity index (χ0v) is 21.0. The van der Waals surface area contributed by atoms with Gasteiger partial charge in [-0.2, -0.15) is 0 Å². The van der Waals surface area contributed by atoms with Crippen molar-refractivity contribution in [2.45, 2.75) is 26.4 Å². The first-order chi connectivity index (χ1) is 13.9. The van der Waals surface area contributed by atoms with Crippen LogP contribution in [0.25, 0.3) is 0 Å². The number of hydrogen-bond acceptors (Lipinski definition) is 3. The molecule has 0 saturated heterocycles. The number of ether oxygens (including phenoxy) is 1. The van der Waals surface area contributed by atoms with Crippen LogP contribution in [0.3, 0.4) is 0 Å². The number of nitrogens with one attached hydrogen (secondary N) is 3. The molecular formula is C21H27Cl2IN4O2. The third-order valence-electron chi connectivity index (χ3n) is 4.12. The summed E-state index contributed by atoms with van der Waals surface area (Å²) < 4.78 is 5.53. The van der Waals surface area contributed by atoms with Crippen LogP contribution in [0.5, 0.6) is 5.75 Å². The minimum atomic E-state index is -0.142. The first-order valence-corrected chi connectivity index (χ1v) is 10.1. The Morgan fingerprint density at radius 1 is 1.13 bits per heavy atom. The molecule has 0 aliphatic heterocycles. The molecule has 164 valence electrons. The fourth-order valence-corrected chi connectivity index (χ4v) is 2.90. The third-order valence-corrected chi connectivity index (χ3v) is 4.86. The molecule has 0 aliphatic carbocycles. The van der Waals surface area contributed by atoms with E-state index in [0.717, 1.165) is 11.1 Å². The van der Waals surface area contributed by atoms with Gasteiger partial charge in [0, 0.05) is 20.1 Å². The van der Waals surface area contributed by atoms with E-state index in [1.807, 2.05) is 50.2 Å². The van der Waals surface area contributed by atoms with E-state index in [9.17, 15) is 4.79 Å². The maximum Gasteiger partial charge on any atom is 0.257 e. The van der Waals surface area contributed by atoms with Crippen LogP contribution in [-0.2, 0) is 11.3 Å². The van der Waals surface area contributed by atoms with Gasteiger partial charge < -0.3 is 20.7 Å². The van der Waals surface area contributed by atoms with E-state index in [-0.39, 0.29) is 42.5 Å². The molecule has 2 aromatic carbocycles. The van der Waals surface area contributed by atoms with Crippen molar-refractivity contribution in [2.24, 2.45) is 4.99 Å². The summed E-state index contributed by atoms with van der Waals surface area (Å²) in [5.41, 5.74) is 2.01. The van der Waals surface area contributed by atoms with E-state index in [2.05, 4.69) is 20.9 Å². The van der Waals surface area contributed by atoms with Crippen molar-refractivity contribution in [3.63, 3.8) is 0 Å². The van der Waals surface area contributed by atoms with Crippen LogP contribution in [0.15, 0.2) is 47.5 Å². The largest absolute Gasteiger partial charge is 0.484 e. The summed E-state index contributed by atoms with van der Waals surface area (Å²) in [7, 11) is 1.71. The van der Waals surface area contributed by atoms with Crippen molar-refractivity contribution >= 4 is 59.0 Å². The number of aliphatic imine (C=N–C) groups is 1. The van der Waals surface area contributed by atoms with Crippen LogP contribution in [0.2, 0.25) is 10.0 Å². The summed E-state index contributed by atoms with van der Waals surface area (Å²) in [6.07, 6.45) is 0. The second-order valence-electron chi connectivity index (χ2n) is 6.35. The highest BCUT2D eigenvalue weighted by Crippen LogP contribution is 2.25. The Hall–Kier alpha value is -1.71. The molecule has 0 bridgehead atoms. The zero-order chi connectivity index (χ0) is 21.2. The lowest BCUT2D eigenvalue weighted by Crippen LogP contribution is -2.38. The van der Waals surface area contributed by atoms with Crippen molar-refractivity contribution in [3.05, 3.63) is 63.6 Å². The number of guanidine groups is 1. The monoisotopic (exact) mass is 564 g/mol. The average Bonchev–Trinajstić information content (AvgIpc) is 2.72. The van der Waals surface area contributed by atoms with Crippen LogP contribution in [0, 0.1) is 0 Å². The number of rotatable bonds is 8. The van der Waals surface area contributed by atoms with Gasteiger partial charge >= 0.3 is 0 Å². The summed E-state index contributed by atoms with van der Waals surface area (Å²) in [5.74, 6) is 1.15. The Bertz CT molecular complexity index is 865. The van der Waals surface area contributed by atoms with E-state index in [0.29, 0.717) is 34.8 Å². The number of likely N-dealkylation sites (N-methyl/N-ethyl adjacent to an activating group) is 1. The van der Waals surface area contributed by atoms with Gasteiger partial charge in [-0.1, -0.05) is 41.4 Å². The van der Waals surface area contributed by atoms with E-state index in [1.54, 1.807) is 13.1 Å². The van der Waals surface area contributed by atoms with Crippen molar-refractivity contribution in [1.29, 1.82) is 0 Å². The van der Waals surface area contributed by atoms with E-state index >= 15 is 0 Å². The van der Waals surface area contributed by atoms with Gasteiger partial charge in [0.25, 0.3) is 5.91 Å². The van der Waals surface area contributed by atoms with Gasteiger partial charge in [0.1, 0.15) is 5.75 Å². The zero-order valence-electron chi connectivity index (χ0n) is 17.2. The van der Waals surface area contributed by atoms with Crippen molar-refractivity contribution in [1.82, 2.24) is 16.0 Å². The van der Waals surface area contributed by atoms with Crippen molar-refractivity contribution in [3.8, 4) is 5.75 Å². The van der Waals surface area contributed by atoms with Crippen molar-refractivity contribution in [2.75, 3.05) is 20.2 Å². The summed E-state index contributed by atoms with van der Waals surface area (Å²) in [5, 5.41) is 10.3. The number of halogens is 3. The predicted octanol–water partition coefficient (Wildman–Crippen LogP) is 4.55. The molecule has 0 aromatic heterocycles. The highest BCUT2D eigenvalue weighted by Gasteiger charge is 2.10. The Balaban J connectivity index is 0.00000450. The minimum absolute atomic E-state index is 0. The maximum absolute atomic E-state index is 11.5. The molecule has 30 heavy (non-hydrogen) atoms. The number of carbonyl (C=O) groups is 1. The summed E-state index contributed by atoms with van der Waals surface area (Å²) in [4.78, 5) is 15.8. The van der Waals surface area contributed by atoms with Crippen LogP contribution in [-0.4, -0.2) is 32.1 Å². The molecule has 0 radical (unpaired) electrons. The lowest BCUT2D eigenvalue weighted by Gasteiger charge is -2.19. The van der Waals surface area contributed by atoms with Crippen LogP contribution < -0.4 is 20.7 Å².